The lowest BCUT2D eigenvalue weighted by molar-refractivity contribution is 0.103. The van der Waals surface area contributed by atoms with Gasteiger partial charge in [-0.25, -0.2) is 9.37 Å². The van der Waals surface area contributed by atoms with Crippen molar-refractivity contribution in [3.05, 3.63) is 70.1 Å². The number of carbonyl (C=O) groups excluding carboxylic acids is 1. The van der Waals surface area contributed by atoms with Crippen molar-refractivity contribution < 1.29 is 9.18 Å². The Bertz CT molecular complexity index is 864. The number of para-hydroxylation sites is 1. The number of fused-ring (bicyclic) bond motifs is 1. The first-order chi connectivity index (χ1) is 10.1. The van der Waals surface area contributed by atoms with E-state index < -0.39 is 11.6 Å². The highest BCUT2D eigenvalue weighted by atomic mass is 79.9. The summed E-state index contributed by atoms with van der Waals surface area (Å²) in [6.07, 6.45) is 0. The molecule has 0 atom stereocenters. The summed E-state index contributed by atoms with van der Waals surface area (Å²) in [6.45, 7) is 0. The van der Waals surface area contributed by atoms with Crippen LogP contribution in [0.3, 0.4) is 0 Å². The fourth-order valence-electron chi connectivity index (χ4n) is 2.14. The number of pyridine rings is 1. The van der Waals surface area contributed by atoms with E-state index in [-0.39, 0.29) is 15.7 Å². The number of hydrogen-bond acceptors (Lipinski definition) is 3. The van der Waals surface area contributed by atoms with Crippen molar-refractivity contribution in [2.75, 3.05) is 5.73 Å². The van der Waals surface area contributed by atoms with Crippen molar-refractivity contribution in [2.24, 2.45) is 0 Å². The number of nitrogens with zero attached hydrogens (tertiary/aromatic N) is 1. The Morgan fingerprint density at radius 1 is 1.14 bits per heavy atom. The number of ketones is 1. The Balaban J connectivity index is 2.16. The van der Waals surface area contributed by atoms with Gasteiger partial charge in [0.05, 0.1) is 15.6 Å². The molecule has 2 N–H and O–H groups in total. The molecule has 1 aromatic heterocycles. The highest BCUT2D eigenvalue weighted by Gasteiger charge is 2.18. The van der Waals surface area contributed by atoms with Crippen LogP contribution in [0.2, 0.25) is 0 Å². The summed E-state index contributed by atoms with van der Waals surface area (Å²) in [5.74, 6) is -1.10. The molecule has 3 nitrogen and oxygen atoms in total. The van der Waals surface area contributed by atoms with Gasteiger partial charge >= 0.3 is 0 Å². The fourth-order valence-corrected chi connectivity index (χ4v) is 2.50. The van der Waals surface area contributed by atoms with Crippen LogP contribution in [0, 0.1) is 5.82 Å². The third-order valence-electron chi connectivity index (χ3n) is 3.18. The van der Waals surface area contributed by atoms with Gasteiger partial charge in [-0.05, 0) is 40.2 Å². The van der Waals surface area contributed by atoms with E-state index in [4.69, 9.17) is 5.73 Å². The van der Waals surface area contributed by atoms with Crippen LogP contribution in [0.15, 0.2) is 53.0 Å². The standard InChI is InChI=1S/C16H10BrFN2O/c17-11-6-3-5-10(15(11)18)16(21)14-8-12(19)9-4-1-2-7-13(9)20-14/h1-8H,(H2,19,20). The molecule has 0 saturated carbocycles. The van der Waals surface area contributed by atoms with E-state index >= 15 is 0 Å². The molecule has 0 spiro atoms. The van der Waals surface area contributed by atoms with Gasteiger partial charge in [0.1, 0.15) is 11.5 Å². The van der Waals surface area contributed by atoms with E-state index in [1.54, 1.807) is 12.1 Å². The van der Waals surface area contributed by atoms with Gasteiger partial charge < -0.3 is 5.73 Å². The van der Waals surface area contributed by atoms with Crippen LogP contribution < -0.4 is 5.73 Å². The monoisotopic (exact) mass is 344 g/mol. The first-order valence-corrected chi connectivity index (χ1v) is 7.01. The Morgan fingerprint density at radius 2 is 1.90 bits per heavy atom. The first-order valence-electron chi connectivity index (χ1n) is 6.22. The molecule has 21 heavy (non-hydrogen) atoms. The molecule has 2 aromatic carbocycles. The second kappa shape index (κ2) is 5.26. The maximum Gasteiger partial charge on any atom is 0.214 e. The minimum absolute atomic E-state index is 0.0356. The predicted octanol–water partition coefficient (Wildman–Crippen LogP) is 3.95. The van der Waals surface area contributed by atoms with E-state index in [9.17, 15) is 9.18 Å². The van der Waals surface area contributed by atoms with E-state index in [1.807, 2.05) is 18.2 Å². The van der Waals surface area contributed by atoms with Gasteiger partial charge in [-0.15, -0.1) is 0 Å². The lowest BCUT2D eigenvalue weighted by atomic mass is 10.1. The maximum atomic E-state index is 14.0. The molecule has 0 amide bonds. The van der Waals surface area contributed by atoms with Gasteiger partial charge in [-0.2, -0.15) is 0 Å². The lowest BCUT2D eigenvalue weighted by Crippen LogP contribution is -2.08. The molecule has 0 aliphatic carbocycles. The summed E-state index contributed by atoms with van der Waals surface area (Å²) < 4.78 is 14.3. The number of benzene rings is 2. The number of hydrogen-bond donors (Lipinski definition) is 1. The van der Waals surface area contributed by atoms with Crippen molar-refractivity contribution in [1.29, 1.82) is 0 Å². The number of carbonyl (C=O) groups is 1. The summed E-state index contributed by atoms with van der Waals surface area (Å²) in [7, 11) is 0. The van der Waals surface area contributed by atoms with Crippen molar-refractivity contribution >= 4 is 38.3 Å². The molecular formula is C16H10BrFN2O. The van der Waals surface area contributed by atoms with Crippen molar-refractivity contribution in [3.8, 4) is 0 Å². The number of rotatable bonds is 2. The highest BCUT2D eigenvalue weighted by Crippen LogP contribution is 2.24. The molecule has 3 rings (SSSR count). The molecule has 0 saturated heterocycles. The quantitative estimate of drug-likeness (QED) is 0.716. The van der Waals surface area contributed by atoms with Gasteiger partial charge in [0.15, 0.2) is 0 Å². The molecule has 0 radical (unpaired) electrons. The van der Waals surface area contributed by atoms with Crippen molar-refractivity contribution in [2.45, 2.75) is 0 Å². The smallest absolute Gasteiger partial charge is 0.214 e. The zero-order chi connectivity index (χ0) is 15.0. The molecule has 1 heterocycles. The highest BCUT2D eigenvalue weighted by molar-refractivity contribution is 9.10. The molecule has 0 aliphatic rings. The molecule has 104 valence electrons. The van der Waals surface area contributed by atoms with Gasteiger partial charge in [0.2, 0.25) is 5.78 Å². The van der Waals surface area contributed by atoms with E-state index in [2.05, 4.69) is 20.9 Å². The molecule has 5 heteroatoms. The molecule has 3 aromatic rings. The zero-order valence-corrected chi connectivity index (χ0v) is 12.4. The second-order valence-electron chi connectivity index (χ2n) is 4.54. The minimum Gasteiger partial charge on any atom is -0.398 e. The van der Waals surface area contributed by atoms with E-state index in [1.165, 1.54) is 18.2 Å². The van der Waals surface area contributed by atoms with Crippen LogP contribution in [0.5, 0.6) is 0 Å². The Hall–Kier alpha value is -2.27. The third-order valence-corrected chi connectivity index (χ3v) is 3.79. The van der Waals surface area contributed by atoms with Crippen LogP contribution in [-0.4, -0.2) is 10.8 Å². The Morgan fingerprint density at radius 3 is 2.71 bits per heavy atom. The summed E-state index contributed by atoms with van der Waals surface area (Å²) in [6, 6.07) is 13.3. The number of halogens is 2. The molecule has 0 bridgehead atoms. The third kappa shape index (κ3) is 2.40. The molecule has 0 unspecified atom stereocenters. The van der Waals surface area contributed by atoms with Gasteiger partial charge in [-0.3, -0.25) is 4.79 Å². The summed E-state index contributed by atoms with van der Waals surface area (Å²) in [4.78, 5) is 16.7. The van der Waals surface area contributed by atoms with Crippen LogP contribution >= 0.6 is 15.9 Å². The number of aromatic nitrogens is 1. The fraction of sp³-hybridized carbons (Fsp3) is 0. The predicted molar refractivity (Wildman–Crippen MR) is 83.7 cm³/mol. The van der Waals surface area contributed by atoms with Crippen LogP contribution in [0.25, 0.3) is 10.9 Å². The molecular weight excluding hydrogens is 335 g/mol. The van der Waals surface area contributed by atoms with Gasteiger partial charge in [-0.1, -0.05) is 24.3 Å². The number of nitrogens with two attached hydrogens (primary N) is 1. The Kier molecular flexibility index (Phi) is 3.43. The summed E-state index contributed by atoms with van der Waals surface area (Å²) >= 11 is 3.07. The lowest BCUT2D eigenvalue weighted by Gasteiger charge is -2.07. The average Bonchev–Trinajstić information content (AvgIpc) is 2.49. The number of nitrogen functional groups attached to an aromatic ring is 1. The van der Waals surface area contributed by atoms with Crippen molar-refractivity contribution in [3.63, 3.8) is 0 Å². The zero-order valence-electron chi connectivity index (χ0n) is 10.8. The van der Waals surface area contributed by atoms with Gasteiger partial charge in [0, 0.05) is 11.1 Å². The SMILES string of the molecule is Nc1cc(C(=O)c2cccc(Br)c2F)nc2ccccc12. The second-order valence-corrected chi connectivity index (χ2v) is 5.40. The summed E-state index contributed by atoms with van der Waals surface area (Å²) in [5.41, 5.74) is 7.09. The van der Waals surface area contributed by atoms with E-state index in [0.29, 0.717) is 11.2 Å². The van der Waals surface area contributed by atoms with E-state index in [0.717, 1.165) is 5.39 Å². The van der Waals surface area contributed by atoms with Crippen LogP contribution in [0.1, 0.15) is 16.1 Å². The van der Waals surface area contributed by atoms with Gasteiger partial charge in [0.25, 0.3) is 0 Å². The first kappa shape index (κ1) is 13.7. The average molecular weight is 345 g/mol. The largest absolute Gasteiger partial charge is 0.398 e. The Labute approximate surface area is 128 Å². The topological polar surface area (TPSA) is 56.0 Å². The van der Waals surface area contributed by atoms with Crippen molar-refractivity contribution in [1.82, 2.24) is 4.98 Å². The number of anilines is 1. The minimum atomic E-state index is -0.601. The maximum absolute atomic E-state index is 14.0. The normalized spacial score (nSPS) is 10.8. The summed E-state index contributed by atoms with van der Waals surface area (Å²) in [5, 5.41) is 0.767. The van der Waals surface area contributed by atoms with Crippen LogP contribution in [-0.2, 0) is 0 Å². The van der Waals surface area contributed by atoms with Crippen LogP contribution in [0.4, 0.5) is 10.1 Å². The molecule has 0 aliphatic heterocycles. The molecule has 0 fully saturated rings.